The Kier molecular flexibility index (Phi) is 5.40. The molecule has 1 amide bonds. The van der Waals surface area contributed by atoms with Crippen LogP contribution >= 0.6 is 0 Å². The normalized spacial score (nSPS) is 26.9. The van der Waals surface area contributed by atoms with Crippen LogP contribution in [0.2, 0.25) is 0 Å². The quantitative estimate of drug-likeness (QED) is 0.810. The average molecular weight is 303 g/mol. The third-order valence-corrected chi connectivity index (χ3v) is 5.38. The smallest absolute Gasteiger partial charge is 0.277 e. The Balaban J connectivity index is 1.93. The highest BCUT2D eigenvalue weighted by atomic mass is 32.2. The van der Waals surface area contributed by atoms with E-state index in [4.69, 9.17) is 5.14 Å². The second-order valence-electron chi connectivity index (χ2n) is 5.86. The van der Waals surface area contributed by atoms with E-state index in [1.54, 1.807) is 0 Å². The van der Waals surface area contributed by atoms with E-state index in [0.29, 0.717) is 19.4 Å². The van der Waals surface area contributed by atoms with Crippen LogP contribution in [0.5, 0.6) is 0 Å². The summed E-state index contributed by atoms with van der Waals surface area (Å²) in [5.74, 6) is -0.179. The zero-order valence-electron chi connectivity index (χ0n) is 11.9. The first-order chi connectivity index (χ1) is 9.48. The maximum Gasteiger partial charge on any atom is 0.277 e. The van der Waals surface area contributed by atoms with E-state index in [1.165, 1.54) is 19.3 Å². The number of hydrogen-bond acceptors (Lipinski definition) is 3. The van der Waals surface area contributed by atoms with Crippen molar-refractivity contribution in [3.63, 3.8) is 0 Å². The molecule has 0 aromatic rings. The minimum absolute atomic E-state index is 0.179. The van der Waals surface area contributed by atoms with E-state index in [0.717, 1.165) is 30.0 Å². The molecule has 1 atom stereocenters. The van der Waals surface area contributed by atoms with Gasteiger partial charge in [0.15, 0.2) is 0 Å². The Bertz CT molecular complexity index is 430. The summed E-state index contributed by atoms with van der Waals surface area (Å²) in [5, 5.41) is 8.20. The Morgan fingerprint density at radius 1 is 1.00 bits per heavy atom. The van der Waals surface area contributed by atoms with E-state index < -0.39 is 16.3 Å². The molecule has 20 heavy (non-hydrogen) atoms. The summed E-state index contributed by atoms with van der Waals surface area (Å²) >= 11 is 0. The van der Waals surface area contributed by atoms with Gasteiger partial charge in [-0.1, -0.05) is 32.1 Å². The third kappa shape index (κ3) is 4.17. The van der Waals surface area contributed by atoms with Gasteiger partial charge in [0.1, 0.15) is 6.04 Å². The largest absolute Gasteiger partial charge is 0.352 e. The first kappa shape index (κ1) is 15.7. The molecule has 1 saturated carbocycles. The van der Waals surface area contributed by atoms with Crippen molar-refractivity contribution >= 4 is 16.1 Å². The lowest BCUT2D eigenvalue weighted by molar-refractivity contribution is -0.125. The molecule has 2 rings (SSSR count). The van der Waals surface area contributed by atoms with Crippen LogP contribution in [0.25, 0.3) is 0 Å². The van der Waals surface area contributed by atoms with Crippen molar-refractivity contribution in [2.75, 3.05) is 6.54 Å². The maximum absolute atomic E-state index is 12.3. The summed E-state index contributed by atoms with van der Waals surface area (Å²) in [4.78, 5) is 12.3. The van der Waals surface area contributed by atoms with Crippen LogP contribution in [-0.4, -0.2) is 37.3 Å². The van der Waals surface area contributed by atoms with Crippen LogP contribution in [0.1, 0.15) is 57.8 Å². The predicted molar refractivity (Wildman–Crippen MR) is 77.1 cm³/mol. The van der Waals surface area contributed by atoms with Crippen molar-refractivity contribution in [1.29, 1.82) is 0 Å². The lowest BCUT2D eigenvalue weighted by Gasteiger charge is -2.25. The monoisotopic (exact) mass is 303 g/mol. The number of nitrogens with two attached hydrogens (primary N) is 1. The highest BCUT2D eigenvalue weighted by Crippen LogP contribution is 2.21. The second-order valence-corrected chi connectivity index (χ2v) is 7.36. The minimum atomic E-state index is -3.78. The molecule has 2 aliphatic rings. The van der Waals surface area contributed by atoms with Gasteiger partial charge in [-0.3, -0.25) is 4.79 Å². The van der Waals surface area contributed by atoms with E-state index in [1.807, 2.05) is 0 Å². The van der Waals surface area contributed by atoms with Gasteiger partial charge in [-0.25, -0.2) is 5.14 Å². The van der Waals surface area contributed by atoms with Crippen LogP contribution in [0.3, 0.4) is 0 Å². The summed E-state index contributed by atoms with van der Waals surface area (Å²) in [6, 6.07) is -0.429. The number of hydrogen-bond donors (Lipinski definition) is 2. The van der Waals surface area contributed by atoms with E-state index in [9.17, 15) is 13.2 Å². The number of carbonyl (C=O) groups is 1. The molecule has 1 heterocycles. The summed E-state index contributed by atoms with van der Waals surface area (Å²) in [7, 11) is -3.78. The van der Waals surface area contributed by atoms with Gasteiger partial charge in [0, 0.05) is 12.6 Å². The fourth-order valence-corrected chi connectivity index (χ4v) is 4.14. The second kappa shape index (κ2) is 6.87. The summed E-state index contributed by atoms with van der Waals surface area (Å²) in [5.41, 5.74) is 0. The molecule has 1 saturated heterocycles. The van der Waals surface area contributed by atoms with Crippen LogP contribution in [0.15, 0.2) is 0 Å². The number of rotatable bonds is 3. The Morgan fingerprint density at radius 2 is 1.60 bits per heavy atom. The van der Waals surface area contributed by atoms with Crippen molar-refractivity contribution in [2.45, 2.75) is 69.9 Å². The van der Waals surface area contributed by atoms with Crippen molar-refractivity contribution in [1.82, 2.24) is 9.62 Å². The fraction of sp³-hybridized carbons (Fsp3) is 0.923. The Morgan fingerprint density at radius 3 is 2.20 bits per heavy atom. The van der Waals surface area contributed by atoms with Gasteiger partial charge in [0.25, 0.3) is 10.2 Å². The molecule has 0 aromatic heterocycles. The van der Waals surface area contributed by atoms with Gasteiger partial charge >= 0.3 is 0 Å². The average Bonchev–Trinajstić information content (AvgIpc) is 2.81. The van der Waals surface area contributed by atoms with Crippen molar-refractivity contribution in [2.24, 2.45) is 5.14 Å². The maximum atomic E-state index is 12.3. The van der Waals surface area contributed by atoms with Gasteiger partial charge in [-0.15, -0.1) is 0 Å². The van der Waals surface area contributed by atoms with Crippen molar-refractivity contribution < 1.29 is 13.2 Å². The first-order valence-corrected chi connectivity index (χ1v) is 9.09. The molecule has 6 nitrogen and oxygen atoms in total. The number of nitrogens with one attached hydrogen (secondary N) is 1. The van der Waals surface area contributed by atoms with Crippen LogP contribution in [-0.2, 0) is 15.0 Å². The van der Waals surface area contributed by atoms with Gasteiger partial charge in [0.05, 0.1) is 0 Å². The summed E-state index contributed by atoms with van der Waals surface area (Å²) in [6.45, 7) is 0.349. The molecule has 2 fully saturated rings. The van der Waals surface area contributed by atoms with Crippen LogP contribution < -0.4 is 10.5 Å². The van der Waals surface area contributed by atoms with E-state index in [2.05, 4.69) is 5.32 Å². The Hall–Kier alpha value is -0.660. The highest BCUT2D eigenvalue weighted by Gasteiger charge is 2.37. The molecule has 3 N–H and O–H groups in total. The molecular weight excluding hydrogens is 278 g/mol. The van der Waals surface area contributed by atoms with Crippen LogP contribution in [0.4, 0.5) is 0 Å². The fourth-order valence-electron chi connectivity index (χ4n) is 3.20. The minimum Gasteiger partial charge on any atom is -0.352 e. The molecule has 0 bridgehead atoms. The molecule has 1 aliphatic heterocycles. The highest BCUT2D eigenvalue weighted by molar-refractivity contribution is 7.86. The molecule has 0 aromatic carbocycles. The lowest BCUT2D eigenvalue weighted by atomic mass is 9.96. The summed E-state index contributed by atoms with van der Waals surface area (Å²) in [6.07, 6.45) is 9.24. The van der Waals surface area contributed by atoms with Crippen molar-refractivity contribution in [3.8, 4) is 0 Å². The standard InChI is InChI=1S/C13H25N3O3S/c14-20(18,19)16-10-6-9-12(16)13(17)15-11-7-4-2-1-3-5-8-11/h11-12H,1-10H2,(H,15,17)(H2,14,18,19). The predicted octanol–water partition coefficient (Wildman–Crippen LogP) is 0.883. The van der Waals surface area contributed by atoms with Gasteiger partial charge in [-0.05, 0) is 25.7 Å². The molecule has 0 spiro atoms. The topological polar surface area (TPSA) is 92.5 Å². The van der Waals surface area contributed by atoms with Gasteiger partial charge < -0.3 is 5.32 Å². The zero-order valence-corrected chi connectivity index (χ0v) is 12.7. The molecular formula is C13H25N3O3S. The Labute approximate surface area is 121 Å². The first-order valence-electron chi connectivity index (χ1n) is 7.58. The third-order valence-electron chi connectivity index (χ3n) is 4.28. The number of amides is 1. The van der Waals surface area contributed by atoms with Crippen molar-refractivity contribution in [3.05, 3.63) is 0 Å². The van der Waals surface area contributed by atoms with Gasteiger partial charge in [-0.2, -0.15) is 12.7 Å². The SMILES string of the molecule is NS(=O)(=O)N1CCCC1C(=O)NC1CCCCCCC1. The molecule has 7 heteroatoms. The van der Waals surface area contributed by atoms with E-state index in [-0.39, 0.29) is 11.9 Å². The van der Waals surface area contributed by atoms with Gasteiger partial charge in [0.2, 0.25) is 5.91 Å². The molecule has 0 radical (unpaired) electrons. The van der Waals surface area contributed by atoms with E-state index >= 15 is 0 Å². The number of nitrogens with zero attached hydrogens (tertiary/aromatic N) is 1. The van der Waals surface area contributed by atoms with Crippen LogP contribution in [0, 0.1) is 0 Å². The summed E-state index contributed by atoms with van der Waals surface area (Å²) < 4.78 is 24.1. The zero-order chi connectivity index (χ0) is 14.6. The number of carbonyl (C=O) groups excluding carboxylic acids is 1. The lowest BCUT2D eigenvalue weighted by Crippen LogP contribution is -2.50. The molecule has 1 unspecified atom stereocenters. The molecule has 116 valence electrons. The molecule has 1 aliphatic carbocycles.